The Morgan fingerprint density at radius 1 is 1.26 bits per heavy atom. The molecule has 6 heteroatoms. The molecule has 0 radical (unpaired) electrons. The minimum Gasteiger partial charge on any atom is -0.383 e. The van der Waals surface area contributed by atoms with E-state index in [-0.39, 0.29) is 11.8 Å². The summed E-state index contributed by atoms with van der Waals surface area (Å²) in [5.74, 6) is 0.324. The SMILES string of the molecule is COCCNC(=O)[C@H]1CCCN(C2CCN(Cc3cccc(C)n3)CC2)C1. The zero-order valence-corrected chi connectivity index (χ0v) is 16.8. The molecule has 0 bridgehead atoms. The van der Waals surface area contributed by atoms with Crippen LogP contribution in [0, 0.1) is 12.8 Å². The second-order valence-electron chi connectivity index (χ2n) is 7.90. The maximum atomic E-state index is 12.4. The summed E-state index contributed by atoms with van der Waals surface area (Å²) in [7, 11) is 1.66. The number of aryl methyl sites for hydroxylation is 1. The molecule has 0 saturated carbocycles. The predicted molar refractivity (Wildman–Crippen MR) is 106 cm³/mol. The van der Waals surface area contributed by atoms with Gasteiger partial charge in [-0.05, 0) is 51.3 Å². The molecule has 2 aliphatic rings. The molecular weight excluding hydrogens is 340 g/mol. The maximum absolute atomic E-state index is 12.4. The smallest absolute Gasteiger partial charge is 0.224 e. The molecule has 150 valence electrons. The Balaban J connectivity index is 1.44. The number of likely N-dealkylation sites (tertiary alicyclic amines) is 2. The fourth-order valence-corrected chi connectivity index (χ4v) is 4.33. The van der Waals surface area contributed by atoms with Gasteiger partial charge in [-0.1, -0.05) is 6.07 Å². The van der Waals surface area contributed by atoms with E-state index in [1.807, 2.05) is 13.0 Å². The Morgan fingerprint density at radius 2 is 2.07 bits per heavy atom. The van der Waals surface area contributed by atoms with Gasteiger partial charge in [0.25, 0.3) is 0 Å². The van der Waals surface area contributed by atoms with Crippen LogP contribution in [0.3, 0.4) is 0 Å². The number of rotatable bonds is 7. The summed E-state index contributed by atoms with van der Waals surface area (Å²) in [6, 6.07) is 6.88. The Hall–Kier alpha value is -1.50. The fourth-order valence-electron chi connectivity index (χ4n) is 4.33. The minimum absolute atomic E-state index is 0.130. The summed E-state index contributed by atoms with van der Waals surface area (Å²) in [6.07, 6.45) is 4.50. The van der Waals surface area contributed by atoms with Crippen molar-refractivity contribution in [2.24, 2.45) is 5.92 Å². The van der Waals surface area contributed by atoms with Crippen molar-refractivity contribution in [3.63, 3.8) is 0 Å². The average Bonchev–Trinajstić information content (AvgIpc) is 2.69. The lowest BCUT2D eigenvalue weighted by molar-refractivity contribution is -0.127. The number of aromatic nitrogens is 1. The van der Waals surface area contributed by atoms with Gasteiger partial charge in [0, 0.05) is 51.6 Å². The number of piperidine rings is 2. The van der Waals surface area contributed by atoms with Crippen molar-refractivity contribution in [2.75, 3.05) is 46.4 Å². The van der Waals surface area contributed by atoms with E-state index >= 15 is 0 Å². The molecule has 3 heterocycles. The number of amides is 1. The molecule has 6 nitrogen and oxygen atoms in total. The van der Waals surface area contributed by atoms with Crippen LogP contribution in [0.25, 0.3) is 0 Å². The number of nitrogens with zero attached hydrogens (tertiary/aromatic N) is 3. The van der Waals surface area contributed by atoms with Gasteiger partial charge in [-0.2, -0.15) is 0 Å². The van der Waals surface area contributed by atoms with Crippen LogP contribution in [-0.2, 0) is 16.1 Å². The first-order valence-electron chi connectivity index (χ1n) is 10.3. The van der Waals surface area contributed by atoms with Crippen LogP contribution in [0.4, 0.5) is 0 Å². The third-order valence-corrected chi connectivity index (χ3v) is 5.83. The van der Waals surface area contributed by atoms with Crippen molar-refractivity contribution in [1.29, 1.82) is 0 Å². The lowest BCUT2D eigenvalue weighted by atomic mass is 9.93. The molecule has 1 N–H and O–H groups in total. The van der Waals surface area contributed by atoms with E-state index in [4.69, 9.17) is 4.74 Å². The highest BCUT2D eigenvalue weighted by Crippen LogP contribution is 2.24. The summed E-state index contributed by atoms with van der Waals surface area (Å²) >= 11 is 0. The lowest BCUT2D eigenvalue weighted by Gasteiger charge is -2.42. The molecule has 3 rings (SSSR count). The number of ether oxygens (including phenoxy) is 1. The van der Waals surface area contributed by atoms with Crippen molar-refractivity contribution >= 4 is 5.91 Å². The number of methoxy groups -OCH3 is 1. The van der Waals surface area contributed by atoms with E-state index in [0.29, 0.717) is 19.2 Å². The van der Waals surface area contributed by atoms with Gasteiger partial charge in [0.1, 0.15) is 0 Å². The van der Waals surface area contributed by atoms with Crippen molar-refractivity contribution in [1.82, 2.24) is 20.1 Å². The molecule has 1 atom stereocenters. The molecule has 2 aliphatic heterocycles. The van der Waals surface area contributed by atoms with Crippen LogP contribution in [-0.4, -0.2) is 73.2 Å². The topological polar surface area (TPSA) is 57.7 Å². The molecule has 27 heavy (non-hydrogen) atoms. The van der Waals surface area contributed by atoms with E-state index in [2.05, 4.69) is 32.2 Å². The molecule has 2 fully saturated rings. The molecule has 0 aromatic carbocycles. The summed E-state index contributed by atoms with van der Waals surface area (Å²) in [5, 5.41) is 3.01. The molecule has 1 aromatic heterocycles. The van der Waals surface area contributed by atoms with Gasteiger partial charge >= 0.3 is 0 Å². The predicted octanol–water partition coefficient (Wildman–Crippen LogP) is 1.83. The highest BCUT2D eigenvalue weighted by Gasteiger charge is 2.31. The second-order valence-corrected chi connectivity index (χ2v) is 7.90. The van der Waals surface area contributed by atoms with Gasteiger partial charge < -0.3 is 10.1 Å². The van der Waals surface area contributed by atoms with Gasteiger partial charge in [-0.25, -0.2) is 0 Å². The number of carbonyl (C=O) groups excluding carboxylic acids is 1. The Kier molecular flexibility index (Phi) is 7.61. The average molecular weight is 375 g/mol. The number of pyridine rings is 1. The molecule has 2 saturated heterocycles. The van der Waals surface area contributed by atoms with E-state index in [1.54, 1.807) is 7.11 Å². The number of carbonyl (C=O) groups is 1. The first-order chi connectivity index (χ1) is 13.2. The van der Waals surface area contributed by atoms with E-state index in [9.17, 15) is 4.79 Å². The lowest BCUT2D eigenvalue weighted by Crippen LogP contribution is -2.50. The quantitative estimate of drug-likeness (QED) is 0.738. The summed E-state index contributed by atoms with van der Waals surface area (Å²) in [5.41, 5.74) is 2.25. The van der Waals surface area contributed by atoms with Crippen molar-refractivity contribution in [3.05, 3.63) is 29.6 Å². The Bertz CT molecular complexity index is 602. The number of hydrogen-bond donors (Lipinski definition) is 1. The minimum atomic E-state index is 0.130. The third-order valence-electron chi connectivity index (χ3n) is 5.83. The monoisotopic (exact) mass is 374 g/mol. The van der Waals surface area contributed by atoms with Gasteiger partial charge in [0.2, 0.25) is 5.91 Å². The summed E-state index contributed by atoms with van der Waals surface area (Å²) in [6.45, 7) is 8.44. The van der Waals surface area contributed by atoms with Crippen LogP contribution < -0.4 is 5.32 Å². The van der Waals surface area contributed by atoms with Gasteiger partial charge in [0.05, 0.1) is 18.2 Å². The van der Waals surface area contributed by atoms with Gasteiger partial charge in [-0.15, -0.1) is 0 Å². The molecule has 1 amide bonds. The first kappa shape index (κ1) is 20.2. The summed E-state index contributed by atoms with van der Waals surface area (Å²) < 4.78 is 5.02. The highest BCUT2D eigenvalue weighted by atomic mass is 16.5. The van der Waals surface area contributed by atoms with E-state index in [1.165, 1.54) is 18.5 Å². The van der Waals surface area contributed by atoms with Crippen LogP contribution in [0.2, 0.25) is 0 Å². The second kappa shape index (κ2) is 10.2. The van der Waals surface area contributed by atoms with Crippen molar-refractivity contribution in [3.8, 4) is 0 Å². The number of nitrogens with one attached hydrogen (secondary N) is 1. The van der Waals surface area contributed by atoms with Crippen LogP contribution in [0.5, 0.6) is 0 Å². The zero-order chi connectivity index (χ0) is 19.1. The van der Waals surface area contributed by atoms with Gasteiger partial charge in [0.15, 0.2) is 0 Å². The Labute approximate surface area is 163 Å². The highest BCUT2D eigenvalue weighted by molar-refractivity contribution is 5.78. The van der Waals surface area contributed by atoms with Crippen LogP contribution in [0.15, 0.2) is 18.2 Å². The zero-order valence-electron chi connectivity index (χ0n) is 16.8. The van der Waals surface area contributed by atoms with Crippen molar-refractivity contribution < 1.29 is 9.53 Å². The largest absolute Gasteiger partial charge is 0.383 e. The molecule has 0 aliphatic carbocycles. The summed E-state index contributed by atoms with van der Waals surface area (Å²) in [4.78, 5) is 22.1. The number of hydrogen-bond acceptors (Lipinski definition) is 5. The fraction of sp³-hybridized carbons (Fsp3) is 0.714. The molecule has 1 aromatic rings. The van der Waals surface area contributed by atoms with Gasteiger partial charge in [-0.3, -0.25) is 19.6 Å². The first-order valence-corrected chi connectivity index (χ1v) is 10.3. The third kappa shape index (κ3) is 5.99. The standard InChI is InChI=1S/C21H34N4O2/c1-17-5-3-7-19(23-17)16-24-12-8-20(9-13-24)25-11-4-6-18(15-25)21(26)22-10-14-27-2/h3,5,7,18,20H,4,6,8-16H2,1-2H3,(H,22,26)/t18-/m0/s1. The van der Waals surface area contributed by atoms with Crippen LogP contribution in [0.1, 0.15) is 37.1 Å². The maximum Gasteiger partial charge on any atom is 0.224 e. The van der Waals surface area contributed by atoms with Crippen molar-refractivity contribution in [2.45, 2.75) is 45.2 Å². The van der Waals surface area contributed by atoms with E-state index in [0.717, 1.165) is 51.3 Å². The van der Waals surface area contributed by atoms with E-state index < -0.39 is 0 Å². The molecule has 0 spiro atoms. The molecular formula is C21H34N4O2. The normalized spacial score (nSPS) is 22.7. The van der Waals surface area contributed by atoms with Crippen LogP contribution >= 0.6 is 0 Å². The Morgan fingerprint density at radius 3 is 2.81 bits per heavy atom. The molecule has 0 unspecified atom stereocenters.